The standard InChI is InChI=1S/C22H25NO5.Na/c1-22(2,3)28-21(26)23-12-11-16-13-17(9-10-18(16)19(23)20(24)25)27-14-15-7-5-4-6-8-15;/h4-10,13,19H,11-12,14H2,1-3H3,(H,24,25);/q;+1/p-1. The van der Waals surface area contributed by atoms with Crippen LogP contribution in [0.1, 0.15) is 43.5 Å². The Morgan fingerprint density at radius 3 is 2.45 bits per heavy atom. The molecule has 0 N–H and O–H groups in total. The van der Waals surface area contributed by atoms with Crippen LogP contribution in [-0.2, 0) is 22.6 Å². The molecular formula is C22H24NNaO5. The van der Waals surface area contributed by atoms with Gasteiger partial charge in [-0.3, -0.25) is 4.90 Å². The molecule has 148 valence electrons. The number of rotatable bonds is 4. The number of ether oxygens (including phenoxy) is 2. The van der Waals surface area contributed by atoms with Crippen LogP contribution in [0.15, 0.2) is 48.5 Å². The molecule has 0 aliphatic carbocycles. The molecule has 1 heterocycles. The van der Waals surface area contributed by atoms with Crippen LogP contribution < -0.4 is 39.4 Å². The summed E-state index contributed by atoms with van der Waals surface area (Å²) in [5.74, 6) is -0.671. The fourth-order valence-corrected chi connectivity index (χ4v) is 3.21. The molecule has 3 rings (SSSR count). The Morgan fingerprint density at radius 2 is 1.83 bits per heavy atom. The number of aliphatic carboxylic acids is 1. The van der Waals surface area contributed by atoms with E-state index in [1.807, 2.05) is 36.4 Å². The average molecular weight is 405 g/mol. The minimum atomic E-state index is -1.33. The van der Waals surface area contributed by atoms with Crippen LogP contribution in [0.5, 0.6) is 5.75 Å². The topological polar surface area (TPSA) is 78.9 Å². The second-order valence-electron chi connectivity index (χ2n) is 7.78. The van der Waals surface area contributed by atoms with Crippen molar-refractivity contribution >= 4 is 12.1 Å². The van der Waals surface area contributed by atoms with Gasteiger partial charge in [-0.25, -0.2) is 4.79 Å². The summed E-state index contributed by atoms with van der Waals surface area (Å²) in [4.78, 5) is 25.5. The van der Waals surface area contributed by atoms with E-state index in [1.165, 1.54) is 4.90 Å². The quantitative estimate of drug-likeness (QED) is 0.662. The van der Waals surface area contributed by atoms with E-state index in [4.69, 9.17) is 9.47 Å². The van der Waals surface area contributed by atoms with E-state index in [1.54, 1.807) is 32.9 Å². The first-order chi connectivity index (χ1) is 13.2. The van der Waals surface area contributed by atoms with Crippen LogP contribution in [0.4, 0.5) is 4.79 Å². The summed E-state index contributed by atoms with van der Waals surface area (Å²) >= 11 is 0. The number of hydrogen-bond donors (Lipinski definition) is 0. The summed E-state index contributed by atoms with van der Waals surface area (Å²) in [6.45, 7) is 5.89. The molecule has 1 unspecified atom stereocenters. The number of carbonyl (C=O) groups is 2. The molecule has 0 radical (unpaired) electrons. The van der Waals surface area contributed by atoms with Gasteiger partial charge in [-0.1, -0.05) is 36.4 Å². The zero-order chi connectivity index (χ0) is 20.3. The zero-order valence-electron chi connectivity index (χ0n) is 17.3. The van der Waals surface area contributed by atoms with Crippen molar-refractivity contribution < 1.29 is 53.7 Å². The number of amides is 1. The number of carbonyl (C=O) groups excluding carboxylic acids is 2. The summed E-state index contributed by atoms with van der Waals surface area (Å²) in [6.07, 6.45) is -0.141. The van der Waals surface area contributed by atoms with Crippen LogP contribution in [-0.4, -0.2) is 29.1 Å². The molecule has 1 atom stereocenters. The zero-order valence-corrected chi connectivity index (χ0v) is 19.3. The predicted molar refractivity (Wildman–Crippen MR) is 102 cm³/mol. The number of fused-ring (bicyclic) bond motifs is 1. The van der Waals surface area contributed by atoms with Crippen molar-refractivity contribution in [1.29, 1.82) is 0 Å². The number of benzene rings is 2. The summed E-state index contributed by atoms with van der Waals surface area (Å²) in [7, 11) is 0. The first-order valence-electron chi connectivity index (χ1n) is 9.24. The third kappa shape index (κ3) is 5.98. The second-order valence-corrected chi connectivity index (χ2v) is 7.78. The Balaban J connectivity index is 0.00000300. The van der Waals surface area contributed by atoms with Crippen molar-refractivity contribution in [2.45, 2.75) is 45.4 Å². The molecule has 0 aromatic heterocycles. The molecule has 1 aliphatic rings. The minimum Gasteiger partial charge on any atom is -0.548 e. The molecule has 2 aromatic carbocycles. The van der Waals surface area contributed by atoms with E-state index >= 15 is 0 Å². The molecule has 6 nitrogen and oxygen atoms in total. The number of nitrogens with zero attached hydrogens (tertiary/aromatic N) is 1. The van der Waals surface area contributed by atoms with E-state index in [9.17, 15) is 14.7 Å². The summed E-state index contributed by atoms with van der Waals surface area (Å²) in [6, 6.07) is 13.8. The Hall–Kier alpha value is -2.02. The maximum Gasteiger partial charge on any atom is 1.00 e. The van der Waals surface area contributed by atoms with Crippen molar-refractivity contribution in [2.24, 2.45) is 0 Å². The fraction of sp³-hybridized carbons (Fsp3) is 0.364. The monoisotopic (exact) mass is 405 g/mol. The van der Waals surface area contributed by atoms with Crippen LogP contribution in [0.2, 0.25) is 0 Å². The Morgan fingerprint density at radius 1 is 1.14 bits per heavy atom. The Bertz CT molecular complexity index is 863. The van der Waals surface area contributed by atoms with Gasteiger partial charge in [0.05, 0.1) is 5.97 Å². The molecule has 7 heteroatoms. The van der Waals surface area contributed by atoms with Crippen molar-refractivity contribution in [3.8, 4) is 5.75 Å². The third-order valence-electron chi connectivity index (χ3n) is 4.44. The SMILES string of the molecule is CC(C)(C)OC(=O)N1CCc2cc(OCc3ccccc3)ccc2C1C(=O)[O-].[Na+]. The van der Waals surface area contributed by atoms with Gasteiger partial charge in [0.15, 0.2) is 0 Å². The summed E-state index contributed by atoms with van der Waals surface area (Å²) < 4.78 is 11.2. The summed E-state index contributed by atoms with van der Waals surface area (Å²) in [5.41, 5.74) is 1.70. The van der Waals surface area contributed by atoms with Gasteiger partial charge in [-0.2, -0.15) is 0 Å². The number of carboxylic acids is 1. The third-order valence-corrected chi connectivity index (χ3v) is 4.44. The second kappa shape index (κ2) is 9.65. The van der Waals surface area contributed by atoms with Gasteiger partial charge >= 0.3 is 35.7 Å². The van der Waals surface area contributed by atoms with Gasteiger partial charge < -0.3 is 19.4 Å². The maximum absolute atomic E-state index is 12.5. The molecule has 0 fully saturated rings. The molecule has 29 heavy (non-hydrogen) atoms. The number of carboxylic acid groups (broad SMARTS) is 1. The van der Waals surface area contributed by atoms with Crippen LogP contribution in [0, 0.1) is 0 Å². The van der Waals surface area contributed by atoms with E-state index in [2.05, 4.69) is 0 Å². The van der Waals surface area contributed by atoms with E-state index in [0.29, 0.717) is 24.3 Å². The van der Waals surface area contributed by atoms with Crippen molar-refractivity contribution in [2.75, 3.05) is 6.54 Å². The first kappa shape index (κ1) is 23.3. The minimum absolute atomic E-state index is 0. The smallest absolute Gasteiger partial charge is 0.548 e. The Kier molecular flexibility index (Phi) is 7.74. The maximum atomic E-state index is 12.5. The molecule has 0 spiro atoms. The molecule has 0 bridgehead atoms. The van der Waals surface area contributed by atoms with Crippen molar-refractivity contribution in [3.63, 3.8) is 0 Å². The first-order valence-corrected chi connectivity index (χ1v) is 9.24. The van der Waals surface area contributed by atoms with Crippen LogP contribution in [0.3, 0.4) is 0 Å². The van der Waals surface area contributed by atoms with Gasteiger partial charge in [-0.05, 0) is 56.0 Å². The van der Waals surface area contributed by atoms with E-state index < -0.39 is 23.7 Å². The van der Waals surface area contributed by atoms with Gasteiger partial charge in [-0.15, -0.1) is 0 Å². The van der Waals surface area contributed by atoms with Gasteiger partial charge in [0.25, 0.3) is 0 Å². The van der Waals surface area contributed by atoms with E-state index in [0.717, 1.165) is 11.1 Å². The molecule has 1 amide bonds. The van der Waals surface area contributed by atoms with Crippen LogP contribution in [0.25, 0.3) is 0 Å². The number of hydrogen-bond acceptors (Lipinski definition) is 5. The van der Waals surface area contributed by atoms with E-state index in [-0.39, 0.29) is 36.1 Å². The van der Waals surface area contributed by atoms with Crippen molar-refractivity contribution in [1.82, 2.24) is 4.90 Å². The molecule has 0 saturated carbocycles. The van der Waals surface area contributed by atoms with Gasteiger partial charge in [0.2, 0.25) is 0 Å². The molecular weight excluding hydrogens is 381 g/mol. The Labute approximate surface area is 193 Å². The molecule has 2 aromatic rings. The van der Waals surface area contributed by atoms with Crippen LogP contribution >= 0.6 is 0 Å². The van der Waals surface area contributed by atoms with Gasteiger partial charge in [0.1, 0.15) is 24.0 Å². The predicted octanol–water partition coefficient (Wildman–Crippen LogP) is -0.146. The average Bonchev–Trinajstić information content (AvgIpc) is 2.64. The fourth-order valence-electron chi connectivity index (χ4n) is 3.21. The molecule has 1 aliphatic heterocycles. The van der Waals surface area contributed by atoms with Gasteiger partial charge in [0, 0.05) is 6.54 Å². The normalized spacial score (nSPS) is 15.7. The summed E-state index contributed by atoms with van der Waals surface area (Å²) in [5, 5.41) is 11.8. The molecule has 0 saturated heterocycles. The largest absolute Gasteiger partial charge is 1.00 e. The van der Waals surface area contributed by atoms with Crippen molar-refractivity contribution in [3.05, 3.63) is 65.2 Å².